The summed E-state index contributed by atoms with van der Waals surface area (Å²) in [6, 6.07) is 4.34. The zero-order valence-corrected chi connectivity index (χ0v) is 9.99. The Balaban J connectivity index is 2.33. The Kier molecular flexibility index (Phi) is 3.71. The summed E-state index contributed by atoms with van der Waals surface area (Å²) in [5, 5.41) is 10.3. The molecule has 0 amide bonds. The maximum Gasteiger partial charge on any atom is 0.123 e. The van der Waals surface area contributed by atoms with E-state index in [2.05, 4.69) is 9.97 Å². The zero-order chi connectivity index (χ0) is 12.3. The van der Waals surface area contributed by atoms with Crippen molar-refractivity contribution in [2.75, 3.05) is 0 Å². The van der Waals surface area contributed by atoms with Crippen molar-refractivity contribution in [1.82, 2.24) is 9.97 Å². The highest BCUT2D eigenvalue weighted by molar-refractivity contribution is 7.99. The van der Waals surface area contributed by atoms with Crippen LogP contribution in [-0.4, -0.2) is 15.1 Å². The number of nitrogens with zero attached hydrogens (tertiary/aromatic N) is 2. The van der Waals surface area contributed by atoms with Crippen LogP contribution in [0.4, 0.5) is 4.39 Å². The Bertz CT molecular complexity index is 505. The van der Waals surface area contributed by atoms with Crippen molar-refractivity contribution >= 4 is 11.8 Å². The summed E-state index contributed by atoms with van der Waals surface area (Å²) < 4.78 is 13.1. The number of aliphatic hydroxyl groups is 1. The third-order valence-electron chi connectivity index (χ3n) is 2.18. The van der Waals surface area contributed by atoms with Crippen LogP contribution in [0.5, 0.6) is 0 Å². The van der Waals surface area contributed by atoms with E-state index in [1.54, 1.807) is 31.6 Å². The van der Waals surface area contributed by atoms with Crippen LogP contribution in [0, 0.1) is 5.82 Å². The van der Waals surface area contributed by atoms with Gasteiger partial charge in [-0.3, -0.25) is 4.98 Å². The van der Waals surface area contributed by atoms with Gasteiger partial charge in [-0.1, -0.05) is 11.8 Å². The number of benzene rings is 1. The van der Waals surface area contributed by atoms with Gasteiger partial charge in [0.05, 0.1) is 12.3 Å². The third-order valence-corrected chi connectivity index (χ3v) is 3.19. The second kappa shape index (κ2) is 5.25. The minimum atomic E-state index is -0.718. The average molecular weight is 250 g/mol. The molecule has 0 spiro atoms. The number of hydrogen-bond donors (Lipinski definition) is 1. The van der Waals surface area contributed by atoms with Crippen molar-refractivity contribution in [3.8, 4) is 0 Å². The van der Waals surface area contributed by atoms with E-state index in [-0.39, 0.29) is 5.82 Å². The third kappa shape index (κ3) is 3.01. The molecule has 0 aliphatic carbocycles. The van der Waals surface area contributed by atoms with Crippen LogP contribution >= 0.6 is 11.8 Å². The lowest BCUT2D eigenvalue weighted by Gasteiger charge is -2.10. The molecule has 0 bridgehead atoms. The van der Waals surface area contributed by atoms with Gasteiger partial charge in [0.1, 0.15) is 10.8 Å². The molecule has 1 aromatic carbocycles. The van der Waals surface area contributed by atoms with Gasteiger partial charge in [-0.25, -0.2) is 9.37 Å². The normalized spacial score (nSPS) is 12.4. The van der Waals surface area contributed by atoms with Gasteiger partial charge in [0.25, 0.3) is 0 Å². The lowest BCUT2D eigenvalue weighted by Crippen LogP contribution is -1.95. The molecule has 17 heavy (non-hydrogen) atoms. The smallest absolute Gasteiger partial charge is 0.123 e. The van der Waals surface area contributed by atoms with Gasteiger partial charge in [-0.2, -0.15) is 0 Å². The lowest BCUT2D eigenvalue weighted by molar-refractivity contribution is 0.196. The van der Waals surface area contributed by atoms with Gasteiger partial charge >= 0.3 is 0 Å². The van der Waals surface area contributed by atoms with Gasteiger partial charge < -0.3 is 5.11 Å². The molecule has 2 aromatic rings. The summed E-state index contributed by atoms with van der Waals surface area (Å²) in [7, 11) is 0. The van der Waals surface area contributed by atoms with Gasteiger partial charge in [-0.05, 0) is 30.7 Å². The standard InChI is InChI=1S/C12H11FN2OS/c1-8(16)10-6-9(13)2-3-11(10)17-12-7-14-4-5-15-12/h2-8,16H,1H3/t8-/m1/s1. The van der Waals surface area contributed by atoms with E-state index in [9.17, 15) is 9.50 Å². The van der Waals surface area contributed by atoms with Crippen LogP contribution in [0.1, 0.15) is 18.6 Å². The molecule has 0 fully saturated rings. The lowest BCUT2D eigenvalue weighted by atomic mass is 10.1. The summed E-state index contributed by atoms with van der Waals surface area (Å²) in [5.74, 6) is -0.357. The summed E-state index contributed by atoms with van der Waals surface area (Å²) >= 11 is 1.35. The fourth-order valence-electron chi connectivity index (χ4n) is 1.39. The molecule has 1 heterocycles. The van der Waals surface area contributed by atoms with E-state index < -0.39 is 6.10 Å². The molecule has 1 aromatic heterocycles. The fourth-order valence-corrected chi connectivity index (χ4v) is 2.33. The first-order chi connectivity index (χ1) is 8.16. The topological polar surface area (TPSA) is 46.0 Å². The van der Waals surface area contributed by atoms with Gasteiger partial charge in [-0.15, -0.1) is 0 Å². The van der Waals surface area contributed by atoms with E-state index in [1.165, 1.54) is 23.9 Å². The number of rotatable bonds is 3. The summed E-state index contributed by atoms with van der Waals surface area (Å²) in [5.41, 5.74) is 0.556. The maximum atomic E-state index is 13.1. The van der Waals surface area contributed by atoms with E-state index in [4.69, 9.17) is 0 Å². The van der Waals surface area contributed by atoms with Crippen molar-refractivity contribution < 1.29 is 9.50 Å². The summed E-state index contributed by atoms with van der Waals surface area (Å²) in [6.07, 6.45) is 4.09. The highest BCUT2D eigenvalue weighted by Gasteiger charge is 2.11. The zero-order valence-electron chi connectivity index (χ0n) is 9.17. The van der Waals surface area contributed by atoms with Crippen LogP contribution in [-0.2, 0) is 0 Å². The first-order valence-electron chi connectivity index (χ1n) is 5.08. The molecule has 0 saturated heterocycles. The number of hydrogen-bond acceptors (Lipinski definition) is 4. The number of aliphatic hydroxyl groups excluding tert-OH is 1. The molecule has 0 aliphatic heterocycles. The molecule has 2 rings (SSSR count). The summed E-state index contributed by atoms with van der Waals surface area (Å²) in [6.45, 7) is 1.61. The molecule has 5 heteroatoms. The molecule has 0 radical (unpaired) electrons. The predicted molar refractivity (Wildman–Crippen MR) is 63.2 cm³/mol. The van der Waals surface area contributed by atoms with Crippen molar-refractivity contribution in [2.45, 2.75) is 22.9 Å². The second-order valence-electron chi connectivity index (χ2n) is 3.50. The maximum absolute atomic E-state index is 13.1. The summed E-state index contributed by atoms with van der Waals surface area (Å²) in [4.78, 5) is 8.85. The Hall–Kier alpha value is -1.46. The van der Waals surface area contributed by atoms with Gasteiger partial charge in [0, 0.05) is 17.3 Å². The van der Waals surface area contributed by atoms with Gasteiger partial charge in [0.2, 0.25) is 0 Å². The average Bonchev–Trinajstić information content (AvgIpc) is 2.32. The Labute approximate surface area is 103 Å². The van der Waals surface area contributed by atoms with Crippen LogP contribution in [0.25, 0.3) is 0 Å². The van der Waals surface area contributed by atoms with Crippen LogP contribution in [0.15, 0.2) is 46.7 Å². The monoisotopic (exact) mass is 250 g/mol. The van der Waals surface area contributed by atoms with Crippen LogP contribution in [0.2, 0.25) is 0 Å². The molecular formula is C12H11FN2OS. The van der Waals surface area contributed by atoms with Crippen LogP contribution in [0.3, 0.4) is 0 Å². The molecule has 0 aliphatic rings. The molecule has 88 valence electrons. The second-order valence-corrected chi connectivity index (χ2v) is 4.57. The Morgan fingerprint density at radius 3 is 2.82 bits per heavy atom. The number of aromatic nitrogens is 2. The Morgan fingerprint density at radius 1 is 1.35 bits per heavy atom. The van der Waals surface area contributed by atoms with E-state index >= 15 is 0 Å². The molecule has 3 nitrogen and oxygen atoms in total. The molecule has 1 N–H and O–H groups in total. The van der Waals surface area contributed by atoms with Crippen molar-refractivity contribution in [1.29, 1.82) is 0 Å². The van der Waals surface area contributed by atoms with E-state index in [0.717, 1.165) is 4.90 Å². The first-order valence-corrected chi connectivity index (χ1v) is 5.90. The quantitative estimate of drug-likeness (QED) is 0.909. The van der Waals surface area contributed by atoms with Crippen molar-refractivity contribution in [2.24, 2.45) is 0 Å². The minimum Gasteiger partial charge on any atom is -0.389 e. The largest absolute Gasteiger partial charge is 0.389 e. The van der Waals surface area contributed by atoms with Crippen molar-refractivity contribution in [3.63, 3.8) is 0 Å². The SMILES string of the molecule is C[C@@H](O)c1cc(F)ccc1Sc1cnccn1. The van der Waals surface area contributed by atoms with Gasteiger partial charge in [0.15, 0.2) is 0 Å². The van der Waals surface area contributed by atoms with E-state index in [0.29, 0.717) is 10.6 Å². The highest BCUT2D eigenvalue weighted by atomic mass is 32.2. The minimum absolute atomic E-state index is 0.357. The molecular weight excluding hydrogens is 239 g/mol. The fraction of sp³-hybridized carbons (Fsp3) is 0.167. The van der Waals surface area contributed by atoms with E-state index in [1.807, 2.05) is 0 Å². The molecule has 0 unspecified atom stereocenters. The molecule has 0 saturated carbocycles. The Morgan fingerprint density at radius 2 is 2.18 bits per heavy atom. The highest BCUT2D eigenvalue weighted by Crippen LogP contribution is 2.32. The number of halogens is 1. The van der Waals surface area contributed by atoms with Crippen LogP contribution < -0.4 is 0 Å². The van der Waals surface area contributed by atoms with Crippen molar-refractivity contribution in [3.05, 3.63) is 48.2 Å². The predicted octanol–water partition coefficient (Wildman–Crippen LogP) is 2.82. The first kappa shape index (κ1) is 12.0. The molecule has 1 atom stereocenters.